The van der Waals surface area contributed by atoms with Crippen molar-refractivity contribution < 1.29 is 9.90 Å². The van der Waals surface area contributed by atoms with Crippen LogP contribution in [0.5, 0.6) is 0 Å². The molecule has 0 saturated carbocycles. The van der Waals surface area contributed by atoms with E-state index in [1.54, 1.807) is 0 Å². The lowest BCUT2D eigenvalue weighted by Crippen LogP contribution is -2.30. The van der Waals surface area contributed by atoms with Crippen LogP contribution in [0, 0.1) is 11.8 Å². The summed E-state index contributed by atoms with van der Waals surface area (Å²) in [4.78, 5) is 11.1. The molecule has 0 aliphatic rings. The van der Waals surface area contributed by atoms with Gasteiger partial charge in [0.2, 0.25) is 5.91 Å². The Kier molecular flexibility index (Phi) is 5.72. The monoisotopic (exact) mass is 173 g/mol. The predicted molar refractivity (Wildman–Crippen MR) is 48.7 cm³/mol. The van der Waals surface area contributed by atoms with Gasteiger partial charge in [0.1, 0.15) is 0 Å². The first-order chi connectivity index (χ1) is 5.56. The molecule has 0 bridgehead atoms. The first kappa shape index (κ1) is 11.4. The molecule has 0 fully saturated rings. The number of hydrogen-bond donors (Lipinski definition) is 2. The van der Waals surface area contributed by atoms with Gasteiger partial charge in [-0.2, -0.15) is 0 Å². The van der Waals surface area contributed by atoms with Crippen molar-refractivity contribution in [1.29, 1.82) is 0 Å². The van der Waals surface area contributed by atoms with Gasteiger partial charge in [0.15, 0.2) is 0 Å². The fourth-order valence-electron chi connectivity index (χ4n) is 0.796. The normalized spacial score (nSPS) is 13.1. The number of hydrogen-bond acceptors (Lipinski definition) is 2. The molecule has 3 heteroatoms. The summed E-state index contributed by atoms with van der Waals surface area (Å²) < 4.78 is 0. The van der Waals surface area contributed by atoms with E-state index in [0.717, 1.165) is 0 Å². The zero-order valence-electron chi connectivity index (χ0n) is 8.13. The molecule has 0 aromatic carbocycles. The van der Waals surface area contributed by atoms with Crippen LogP contribution in [-0.4, -0.2) is 24.2 Å². The molecule has 0 heterocycles. The molecule has 2 N–H and O–H groups in total. The SMILES string of the molecule is CC(C)CC(=O)NCC(C)CO. The van der Waals surface area contributed by atoms with E-state index < -0.39 is 0 Å². The lowest BCUT2D eigenvalue weighted by Gasteiger charge is -2.10. The fraction of sp³-hybridized carbons (Fsp3) is 0.889. The molecule has 0 aliphatic heterocycles. The van der Waals surface area contributed by atoms with Crippen LogP contribution < -0.4 is 5.32 Å². The molecule has 0 rings (SSSR count). The quantitative estimate of drug-likeness (QED) is 0.645. The third kappa shape index (κ3) is 6.16. The number of aliphatic hydroxyl groups is 1. The highest BCUT2D eigenvalue weighted by Gasteiger charge is 2.05. The molecule has 72 valence electrons. The van der Waals surface area contributed by atoms with E-state index in [-0.39, 0.29) is 18.4 Å². The number of nitrogens with one attached hydrogen (secondary N) is 1. The number of aliphatic hydroxyl groups excluding tert-OH is 1. The van der Waals surface area contributed by atoms with Gasteiger partial charge in [0.25, 0.3) is 0 Å². The standard InChI is InChI=1S/C9H19NO2/c1-7(2)4-9(12)10-5-8(3)6-11/h7-8,11H,4-6H2,1-3H3,(H,10,12). The highest BCUT2D eigenvalue weighted by Crippen LogP contribution is 1.98. The van der Waals surface area contributed by atoms with Gasteiger partial charge < -0.3 is 10.4 Å². The largest absolute Gasteiger partial charge is 0.396 e. The number of carbonyl (C=O) groups excluding carboxylic acids is 1. The minimum atomic E-state index is 0.0744. The van der Waals surface area contributed by atoms with Crippen molar-refractivity contribution in [2.75, 3.05) is 13.2 Å². The van der Waals surface area contributed by atoms with Gasteiger partial charge in [-0.05, 0) is 11.8 Å². The van der Waals surface area contributed by atoms with Gasteiger partial charge >= 0.3 is 0 Å². The van der Waals surface area contributed by atoms with Crippen LogP contribution in [0.25, 0.3) is 0 Å². The molecule has 1 atom stereocenters. The van der Waals surface area contributed by atoms with Crippen molar-refractivity contribution in [1.82, 2.24) is 5.32 Å². The second kappa shape index (κ2) is 6.00. The summed E-state index contributed by atoms with van der Waals surface area (Å²) in [6, 6.07) is 0. The summed E-state index contributed by atoms with van der Waals surface area (Å²) >= 11 is 0. The molecule has 0 aromatic heterocycles. The van der Waals surface area contributed by atoms with E-state index in [4.69, 9.17) is 5.11 Å². The minimum absolute atomic E-state index is 0.0744. The van der Waals surface area contributed by atoms with Crippen LogP contribution in [-0.2, 0) is 4.79 Å². The average molecular weight is 173 g/mol. The van der Waals surface area contributed by atoms with Crippen LogP contribution >= 0.6 is 0 Å². The summed E-state index contributed by atoms with van der Waals surface area (Å²) in [5.41, 5.74) is 0. The molecule has 0 aliphatic carbocycles. The van der Waals surface area contributed by atoms with Crippen molar-refractivity contribution in [2.24, 2.45) is 11.8 Å². The molecular weight excluding hydrogens is 154 g/mol. The van der Waals surface area contributed by atoms with Gasteiger partial charge in [0, 0.05) is 19.6 Å². The summed E-state index contributed by atoms with van der Waals surface area (Å²) in [5.74, 6) is 0.626. The molecule has 0 saturated heterocycles. The molecule has 1 amide bonds. The first-order valence-corrected chi connectivity index (χ1v) is 4.43. The zero-order chi connectivity index (χ0) is 9.56. The summed E-state index contributed by atoms with van der Waals surface area (Å²) in [6.45, 7) is 6.61. The Balaban J connectivity index is 3.44. The van der Waals surface area contributed by atoms with Crippen molar-refractivity contribution in [3.05, 3.63) is 0 Å². The van der Waals surface area contributed by atoms with E-state index in [9.17, 15) is 4.79 Å². The lowest BCUT2D eigenvalue weighted by molar-refractivity contribution is -0.122. The Morgan fingerprint density at radius 2 is 2.00 bits per heavy atom. The predicted octanol–water partition coefficient (Wildman–Crippen LogP) is 0.777. The molecule has 0 aromatic rings. The highest BCUT2D eigenvalue weighted by molar-refractivity contribution is 5.75. The molecule has 0 spiro atoms. The third-order valence-electron chi connectivity index (χ3n) is 1.55. The van der Waals surface area contributed by atoms with E-state index in [1.165, 1.54) is 0 Å². The van der Waals surface area contributed by atoms with Gasteiger partial charge in [0.05, 0.1) is 0 Å². The van der Waals surface area contributed by atoms with Gasteiger partial charge in [-0.1, -0.05) is 20.8 Å². The molecule has 3 nitrogen and oxygen atoms in total. The fourth-order valence-corrected chi connectivity index (χ4v) is 0.796. The Hall–Kier alpha value is -0.570. The number of amides is 1. The average Bonchev–Trinajstić information content (AvgIpc) is 1.99. The second-order valence-corrected chi connectivity index (χ2v) is 3.69. The van der Waals surface area contributed by atoms with Gasteiger partial charge in [-0.3, -0.25) is 4.79 Å². The van der Waals surface area contributed by atoms with Gasteiger partial charge in [-0.25, -0.2) is 0 Å². The zero-order valence-corrected chi connectivity index (χ0v) is 8.13. The number of rotatable bonds is 5. The van der Waals surface area contributed by atoms with Gasteiger partial charge in [-0.15, -0.1) is 0 Å². The van der Waals surface area contributed by atoms with Crippen molar-refractivity contribution in [2.45, 2.75) is 27.2 Å². The van der Waals surface area contributed by atoms with Crippen LogP contribution in [0.4, 0.5) is 0 Å². The molecular formula is C9H19NO2. The summed E-state index contributed by atoms with van der Waals surface area (Å²) in [5, 5.41) is 11.4. The van der Waals surface area contributed by atoms with Crippen molar-refractivity contribution in [3.63, 3.8) is 0 Å². The molecule has 12 heavy (non-hydrogen) atoms. The Morgan fingerprint density at radius 3 is 2.42 bits per heavy atom. The van der Waals surface area contributed by atoms with Crippen molar-refractivity contribution >= 4 is 5.91 Å². The van der Waals surface area contributed by atoms with Crippen LogP contribution in [0.1, 0.15) is 27.2 Å². The Labute approximate surface area is 74.2 Å². The molecule has 1 unspecified atom stereocenters. The minimum Gasteiger partial charge on any atom is -0.396 e. The first-order valence-electron chi connectivity index (χ1n) is 4.43. The number of carbonyl (C=O) groups is 1. The third-order valence-corrected chi connectivity index (χ3v) is 1.55. The van der Waals surface area contributed by atoms with Crippen LogP contribution in [0.15, 0.2) is 0 Å². The van der Waals surface area contributed by atoms with E-state index in [2.05, 4.69) is 5.32 Å². The lowest BCUT2D eigenvalue weighted by atomic mass is 10.1. The Morgan fingerprint density at radius 1 is 1.42 bits per heavy atom. The topological polar surface area (TPSA) is 49.3 Å². The summed E-state index contributed by atoms with van der Waals surface area (Å²) in [7, 11) is 0. The van der Waals surface area contributed by atoms with E-state index in [1.807, 2.05) is 20.8 Å². The van der Waals surface area contributed by atoms with E-state index >= 15 is 0 Å². The second-order valence-electron chi connectivity index (χ2n) is 3.69. The van der Waals surface area contributed by atoms with E-state index in [0.29, 0.717) is 18.9 Å². The van der Waals surface area contributed by atoms with Crippen LogP contribution in [0.2, 0.25) is 0 Å². The van der Waals surface area contributed by atoms with Crippen LogP contribution in [0.3, 0.4) is 0 Å². The highest BCUT2D eigenvalue weighted by atomic mass is 16.3. The Bertz CT molecular complexity index is 134. The maximum atomic E-state index is 11.1. The van der Waals surface area contributed by atoms with Crippen molar-refractivity contribution in [3.8, 4) is 0 Å². The maximum Gasteiger partial charge on any atom is 0.220 e. The smallest absolute Gasteiger partial charge is 0.220 e. The maximum absolute atomic E-state index is 11.1. The molecule has 0 radical (unpaired) electrons. The summed E-state index contributed by atoms with van der Waals surface area (Å²) in [6.07, 6.45) is 0.568.